The van der Waals surface area contributed by atoms with Crippen molar-refractivity contribution in [2.75, 3.05) is 31.1 Å². The molecule has 0 spiro atoms. The number of benzene rings is 1. The van der Waals surface area contributed by atoms with E-state index in [-0.39, 0.29) is 5.56 Å². The highest BCUT2D eigenvalue weighted by molar-refractivity contribution is 9.10. The zero-order valence-corrected chi connectivity index (χ0v) is 13.4. The summed E-state index contributed by atoms with van der Waals surface area (Å²) in [6.07, 6.45) is 1.85. The van der Waals surface area contributed by atoms with Gasteiger partial charge in [-0.3, -0.25) is 9.69 Å². The van der Waals surface area contributed by atoms with Crippen LogP contribution in [0.4, 0.5) is 5.69 Å². The number of rotatable bonds is 3. The summed E-state index contributed by atoms with van der Waals surface area (Å²) in [4.78, 5) is 16.5. The molecule has 1 aromatic carbocycles. The number of halogens is 1. The molecule has 4 nitrogen and oxygen atoms in total. The minimum absolute atomic E-state index is 0.0451. The van der Waals surface area contributed by atoms with Crippen LogP contribution in [0.15, 0.2) is 57.9 Å². The molecule has 1 aliphatic heterocycles. The highest BCUT2D eigenvalue weighted by atomic mass is 79.9. The average Bonchev–Trinajstić information content (AvgIpc) is 2.53. The van der Waals surface area contributed by atoms with Crippen molar-refractivity contribution >= 4 is 21.6 Å². The molecule has 5 heteroatoms. The molecule has 1 aromatic heterocycles. The second-order valence-corrected chi connectivity index (χ2v) is 6.15. The van der Waals surface area contributed by atoms with E-state index in [2.05, 4.69) is 50.0 Å². The molecule has 3 rings (SSSR count). The van der Waals surface area contributed by atoms with Crippen molar-refractivity contribution < 1.29 is 0 Å². The van der Waals surface area contributed by atoms with Crippen LogP contribution in [0.3, 0.4) is 0 Å². The summed E-state index contributed by atoms with van der Waals surface area (Å²) in [5, 5.41) is 0. The van der Waals surface area contributed by atoms with Gasteiger partial charge in [0.05, 0.1) is 6.67 Å². The number of nitrogens with zero attached hydrogens (tertiary/aromatic N) is 3. The zero-order chi connectivity index (χ0) is 14.7. The molecular weight excluding hydrogens is 330 g/mol. The largest absolute Gasteiger partial charge is 0.369 e. The Morgan fingerprint density at radius 3 is 2.38 bits per heavy atom. The van der Waals surface area contributed by atoms with Crippen molar-refractivity contribution in [3.63, 3.8) is 0 Å². The summed E-state index contributed by atoms with van der Waals surface area (Å²) in [5.74, 6) is 0. The van der Waals surface area contributed by atoms with E-state index in [1.54, 1.807) is 16.7 Å². The second kappa shape index (κ2) is 6.45. The number of hydrogen-bond donors (Lipinski definition) is 0. The molecule has 0 atom stereocenters. The predicted octanol–water partition coefficient (Wildman–Crippen LogP) is 2.39. The second-order valence-electron chi connectivity index (χ2n) is 5.24. The van der Waals surface area contributed by atoms with Crippen LogP contribution in [0.2, 0.25) is 0 Å². The maximum Gasteiger partial charge on any atom is 0.251 e. The Morgan fingerprint density at radius 1 is 0.952 bits per heavy atom. The summed E-state index contributed by atoms with van der Waals surface area (Å²) in [6.45, 7) is 4.57. The number of aromatic nitrogens is 1. The van der Waals surface area contributed by atoms with Gasteiger partial charge in [-0.15, -0.1) is 0 Å². The lowest BCUT2D eigenvalue weighted by molar-refractivity contribution is 0.203. The van der Waals surface area contributed by atoms with E-state index in [1.807, 2.05) is 12.3 Å². The third-order valence-electron chi connectivity index (χ3n) is 3.79. The first-order valence-electron chi connectivity index (χ1n) is 7.11. The van der Waals surface area contributed by atoms with E-state index in [1.165, 1.54) is 5.69 Å². The summed E-state index contributed by atoms with van der Waals surface area (Å²) in [7, 11) is 0. The molecule has 0 bridgehead atoms. The fourth-order valence-electron chi connectivity index (χ4n) is 2.61. The summed E-state index contributed by atoms with van der Waals surface area (Å²) in [5.41, 5.74) is 1.32. The van der Waals surface area contributed by atoms with Crippen LogP contribution >= 0.6 is 15.9 Å². The summed E-state index contributed by atoms with van der Waals surface area (Å²) >= 11 is 3.41. The Morgan fingerprint density at radius 2 is 1.67 bits per heavy atom. The maximum absolute atomic E-state index is 11.8. The van der Waals surface area contributed by atoms with Gasteiger partial charge in [-0.2, -0.15) is 0 Å². The molecule has 0 unspecified atom stereocenters. The molecule has 21 heavy (non-hydrogen) atoms. The Hall–Kier alpha value is -1.59. The van der Waals surface area contributed by atoms with Gasteiger partial charge in [0.15, 0.2) is 0 Å². The highest BCUT2D eigenvalue weighted by Gasteiger charge is 2.17. The molecular formula is C16H18BrN3O. The average molecular weight is 348 g/mol. The van der Waals surface area contributed by atoms with Crippen LogP contribution in [-0.2, 0) is 6.67 Å². The van der Waals surface area contributed by atoms with Crippen LogP contribution < -0.4 is 10.5 Å². The van der Waals surface area contributed by atoms with Gasteiger partial charge < -0.3 is 9.47 Å². The summed E-state index contributed by atoms with van der Waals surface area (Å²) < 4.78 is 2.69. The van der Waals surface area contributed by atoms with Gasteiger partial charge in [-0.05, 0) is 34.1 Å². The quantitative estimate of drug-likeness (QED) is 0.853. The molecule has 0 radical (unpaired) electrons. The first-order chi connectivity index (χ1) is 10.2. The topological polar surface area (TPSA) is 28.5 Å². The zero-order valence-electron chi connectivity index (χ0n) is 11.8. The van der Waals surface area contributed by atoms with Gasteiger partial charge in [-0.1, -0.05) is 18.2 Å². The molecule has 2 heterocycles. The van der Waals surface area contributed by atoms with Crippen LogP contribution in [0.25, 0.3) is 0 Å². The van der Waals surface area contributed by atoms with Crippen molar-refractivity contribution in [1.29, 1.82) is 0 Å². The Labute approximate surface area is 132 Å². The van der Waals surface area contributed by atoms with Crippen LogP contribution in [0.5, 0.6) is 0 Å². The number of piperazine rings is 1. The highest BCUT2D eigenvalue weighted by Crippen LogP contribution is 2.15. The standard InChI is InChI=1S/C16H18BrN3O/c17-14-6-7-16(21)20(12-14)13-18-8-10-19(11-9-18)15-4-2-1-3-5-15/h1-7,12H,8-11,13H2. The van der Waals surface area contributed by atoms with E-state index < -0.39 is 0 Å². The normalized spacial score (nSPS) is 16.1. The van der Waals surface area contributed by atoms with E-state index in [0.717, 1.165) is 30.7 Å². The molecule has 0 N–H and O–H groups in total. The van der Waals surface area contributed by atoms with E-state index >= 15 is 0 Å². The molecule has 1 fully saturated rings. The SMILES string of the molecule is O=c1ccc(Br)cn1CN1CCN(c2ccccc2)CC1. The predicted molar refractivity (Wildman–Crippen MR) is 88.6 cm³/mol. The van der Waals surface area contributed by atoms with E-state index in [4.69, 9.17) is 0 Å². The fraction of sp³-hybridized carbons (Fsp3) is 0.312. The van der Waals surface area contributed by atoms with Crippen molar-refractivity contribution in [2.45, 2.75) is 6.67 Å². The number of para-hydroxylation sites is 1. The fourth-order valence-corrected chi connectivity index (χ4v) is 2.99. The lowest BCUT2D eigenvalue weighted by Gasteiger charge is -2.36. The molecule has 0 aliphatic carbocycles. The Balaban J connectivity index is 1.61. The number of hydrogen-bond acceptors (Lipinski definition) is 3. The van der Waals surface area contributed by atoms with Gasteiger partial charge in [0.2, 0.25) is 0 Å². The van der Waals surface area contributed by atoms with Gasteiger partial charge in [0.25, 0.3) is 5.56 Å². The van der Waals surface area contributed by atoms with Crippen LogP contribution in [0.1, 0.15) is 0 Å². The molecule has 1 aliphatic rings. The third kappa shape index (κ3) is 3.54. The molecule has 0 saturated carbocycles. The summed E-state index contributed by atoms with van der Waals surface area (Å²) in [6, 6.07) is 13.9. The van der Waals surface area contributed by atoms with E-state index in [0.29, 0.717) is 6.67 Å². The molecule has 0 amide bonds. The first-order valence-corrected chi connectivity index (χ1v) is 7.90. The smallest absolute Gasteiger partial charge is 0.251 e. The van der Waals surface area contributed by atoms with Crippen molar-refractivity contribution in [3.8, 4) is 0 Å². The van der Waals surface area contributed by atoms with Gasteiger partial charge in [-0.25, -0.2) is 0 Å². The lowest BCUT2D eigenvalue weighted by atomic mass is 10.2. The maximum atomic E-state index is 11.8. The van der Waals surface area contributed by atoms with Gasteiger partial charge in [0, 0.05) is 48.6 Å². The molecule has 2 aromatic rings. The minimum atomic E-state index is 0.0451. The van der Waals surface area contributed by atoms with Gasteiger partial charge >= 0.3 is 0 Å². The lowest BCUT2D eigenvalue weighted by Crippen LogP contribution is -2.47. The monoisotopic (exact) mass is 347 g/mol. The third-order valence-corrected chi connectivity index (χ3v) is 4.26. The van der Waals surface area contributed by atoms with Crippen molar-refractivity contribution in [1.82, 2.24) is 9.47 Å². The van der Waals surface area contributed by atoms with Crippen LogP contribution in [-0.4, -0.2) is 35.6 Å². The van der Waals surface area contributed by atoms with Crippen LogP contribution in [0, 0.1) is 0 Å². The van der Waals surface area contributed by atoms with Gasteiger partial charge in [0.1, 0.15) is 0 Å². The van der Waals surface area contributed by atoms with Crippen molar-refractivity contribution in [3.05, 3.63) is 63.5 Å². The molecule has 1 saturated heterocycles. The van der Waals surface area contributed by atoms with E-state index in [9.17, 15) is 4.79 Å². The molecule has 110 valence electrons. The Bertz CT molecular complexity index is 648. The number of anilines is 1. The van der Waals surface area contributed by atoms with Crippen molar-refractivity contribution in [2.24, 2.45) is 0 Å². The minimum Gasteiger partial charge on any atom is -0.369 e. The Kier molecular flexibility index (Phi) is 4.41. The number of pyridine rings is 1. The first kappa shape index (κ1) is 14.4.